The summed E-state index contributed by atoms with van der Waals surface area (Å²) in [6, 6.07) is 6.73. The van der Waals surface area contributed by atoms with E-state index in [1.807, 2.05) is 6.07 Å². The third-order valence-electron chi connectivity index (χ3n) is 4.45. The average Bonchev–Trinajstić information content (AvgIpc) is 2.50. The maximum absolute atomic E-state index is 10.0. The van der Waals surface area contributed by atoms with Crippen LogP contribution in [0.5, 0.6) is 5.75 Å². The maximum Gasteiger partial charge on any atom is 0.119 e. The Morgan fingerprint density at radius 1 is 1.19 bits per heavy atom. The molecule has 118 valence electrons. The molecule has 1 aromatic rings. The molecule has 0 saturated heterocycles. The number of ether oxygens (including phenoxy) is 1. The Hall–Kier alpha value is -1.06. The Balaban J connectivity index is 1.62. The third kappa shape index (κ3) is 5.68. The summed E-state index contributed by atoms with van der Waals surface area (Å²) in [4.78, 5) is 0. The number of aliphatic hydroxyl groups is 1. The third-order valence-corrected chi connectivity index (χ3v) is 4.45. The fraction of sp³-hybridized carbons (Fsp3) is 0.667. The zero-order valence-electron chi connectivity index (χ0n) is 13.4. The highest BCUT2D eigenvalue weighted by atomic mass is 16.5. The summed E-state index contributed by atoms with van der Waals surface area (Å²) in [5, 5.41) is 13.5. The van der Waals surface area contributed by atoms with Crippen LogP contribution in [0.4, 0.5) is 0 Å². The molecule has 2 rings (SSSR count). The molecule has 1 atom stereocenters. The van der Waals surface area contributed by atoms with Crippen molar-refractivity contribution < 1.29 is 9.84 Å². The predicted molar refractivity (Wildman–Crippen MR) is 86.9 cm³/mol. The molecule has 0 unspecified atom stereocenters. The van der Waals surface area contributed by atoms with Gasteiger partial charge in [-0.2, -0.15) is 0 Å². The standard InChI is InChI=1S/C18H29NO2/c1-14-8-9-18(12-15(14)2)21-11-10-17(20)13-19-16-6-4-3-5-7-16/h8-9,12,16-17,19-20H,3-7,10-11,13H2,1-2H3/t17-/m1/s1. The van der Waals surface area contributed by atoms with Gasteiger partial charge >= 0.3 is 0 Å². The van der Waals surface area contributed by atoms with E-state index in [-0.39, 0.29) is 6.10 Å². The number of aliphatic hydroxyl groups excluding tert-OH is 1. The quantitative estimate of drug-likeness (QED) is 0.809. The summed E-state index contributed by atoms with van der Waals surface area (Å²) in [6.45, 7) is 5.43. The summed E-state index contributed by atoms with van der Waals surface area (Å²) < 4.78 is 5.72. The van der Waals surface area contributed by atoms with Gasteiger partial charge in [0.2, 0.25) is 0 Å². The lowest BCUT2D eigenvalue weighted by atomic mass is 9.95. The number of hydrogen-bond donors (Lipinski definition) is 2. The summed E-state index contributed by atoms with van der Waals surface area (Å²) in [5.74, 6) is 0.894. The summed E-state index contributed by atoms with van der Waals surface area (Å²) in [6.07, 6.45) is 6.88. The Morgan fingerprint density at radius 3 is 2.67 bits per heavy atom. The van der Waals surface area contributed by atoms with Crippen molar-refractivity contribution in [1.82, 2.24) is 5.32 Å². The first-order valence-electron chi connectivity index (χ1n) is 8.26. The van der Waals surface area contributed by atoms with Crippen molar-refractivity contribution in [3.8, 4) is 5.75 Å². The number of hydrogen-bond acceptors (Lipinski definition) is 3. The van der Waals surface area contributed by atoms with Gasteiger partial charge in [0.05, 0.1) is 12.7 Å². The van der Waals surface area contributed by atoms with Crippen LogP contribution in [0.15, 0.2) is 18.2 Å². The molecule has 0 aliphatic heterocycles. The largest absolute Gasteiger partial charge is 0.493 e. The highest BCUT2D eigenvalue weighted by Crippen LogP contribution is 2.18. The highest BCUT2D eigenvalue weighted by Gasteiger charge is 2.14. The van der Waals surface area contributed by atoms with Crippen LogP contribution in [0.25, 0.3) is 0 Å². The monoisotopic (exact) mass is 291 g/mol. The molecular formula is C18H29NO2. The topological polar surface area (TPSA) is 41.5 Å². The molecule has 0 bridgehead atoms. The Labute approximate surface area is 128 Å². The van der Waals surface area contributed by atoms with E-state index in [9.17, 15) is 5.11 Å². The van der Waals surface area contributed by atoms with Crippen LogP contribution < -0.4 is 10.1 Å². The van der Waals surface area contributed by atoms with E-state index in [0.29, 0.717) is 25.6 Å². The molecule has 0 spiro atoms. The van der Waals surface area contributed by atoms with Gasteiger partial charge in [-0.1, -0.05) is 25.3 Å². The minimum absolute atomic E-state index is 0.321. The molecule has 1 fully saturated rings. The van der Waals surface area contributed by atoms with Gasteiger partial charge in [0.25, 0.3) is 0 Å². The van der Waals surface area contributed by atoms with Crippen LogP contribution in [0.1, 0.15) is 49.7 Å². The van der Waals surface area contributed by atoms with Gasteiger partial charge in [-0.25, -0.2) is 0 Å². The Morgan fingerprint density at radius 2 is 1.95 bits per heavy atom. The van der Waals surface area contributed by atoms with E-state index in [1.54, 1.807) is 0 Å². The summed E-state index contributed by atoms with van der Waals surface area (Å²) in [7, 11) is 0. The molecule has 0 heterocycles. The average molecular weight is 291 g/mol. The predicted octanol–water partition coefficient (Wildman–Crippen LogP) is 3.36. The van der Waals surface area contributed by atoms with Crippen molar-refractivity contribution in [1.29, 1.82) is 0 Å². The first kappa shape index (κ1) is 16.3. The van der Waals surface area contributed by atoms with Crippen molar-refractivity contribution in [3.05, 3.63) is 29.3 Å². The first-order chi connectivity index (χ1) is 10.1. The normalized spacial score (nSPS) is 17.7. The van der Waals surface area contributed by atoms with Crippen LogP contribution in [0, 0.1) is 13.8 Å². The van der Waals surface area contributed by atoms with Crippen molar-refractivity contribution in [2.45, 2.75) is 64.5 Å². The minimum atomic E-state index is -0.321. The molecule has 0 amide bonds. The summed E-state index contributed by atoms with van der Waals surface area (Å²) >= 11 is 0. The van der Waals surface area contributed by atoms with E-state index in [1.165, 1.54) is 43.2 Å². The van der Waals surface area contributed by atoms with Gasteiger partial charge < -0.3 is 15.2 Å². The molecule has 2 N–H and O–H groups in total. The maximum atomic E-state index is 10.0. The highest BCUT2D eigenvalue weighted by molar-refractivity contribution is 5.33. The molecule has 1 aliphatic rings. The molecule has 0 radical (unpaired) electrons. The van der Waals surface area contributed by atoms with Crippen LogP contribution >= 0.6 is 0 Å². The molecule has 1 aromatic carbocycles. The van der Waals surface area contributed by atoms with Crippen molar-refractivity contribution in [2.24, 2.45) is 0 Å². The zero-order chi connectivity index (χ0) is 15.1. The van der Waals surface area contributed by atoms with Crippen LogP contribution in [-0.4, -0.2) is 30.4 Å². The van der Waals surface area contributed by atoms with Crippen molar-refractivity contribution in [2.75, 3.05) is 13.2 Å². The van der Waals surface area contributed by atoms with Gasteiger partial charge in [-0.05, 0) is 49.9 Å². The van der Waals surface area contributed by atoms with Gasteiger partial charge in [0, 0.05) is 19.0 Å². The van der Waals surface area contributed by atoms with Crippen LogP contribution in [0.2, 0.25) is 0 Å². The minimum Gasteiger partial charge on any atom is -0.493 e. The number of aryl methyl sites for hydroxylation is 2. The molecule has 1 aliphatic carbocycles. The number of rotatable bonds is 7. The molecular weight excluding hydrogens is 262 g/mol. The van der Waals surface area contributed by atoms with E-state index in [0.717, 1.165) is 5.75 Å². The van der Waals surface area contributed by atoms with Crippen LogP contribution in [0.3, 0.4) is 0 Å². The van der Waals surface area contributed by atoms with Gasteiger partial charge in [0.15, 0.2) is 0 Å². The number of benzene rings is 1. The first-order valence-corrected chi connectivity index (χ1v) is 8.26. The van der Waals surface area contributed by atoms with Gasteiger partial charge in [-0.3, -0.25) is 0 Å². The van der Waals surface area contributed by atoms with Gasteiger partial charge in [0.1, 0.15) is 5.75 Å². The van der Waals surface area contributed by atoms with E-state index < -0.39 is 0 Å². The second kappa shape index (κ2) is 8.40. The Kier molecular flexibility index (Phi) is 6.52. The second-order valence-electron chi connectivity index (χ2n) is 6.28. The van der Waals surface area contributed by atoms with Crippen LogP contribution in [-0.2, 0) is 0 Å². The smallest absolute Gasteiger partial charge is 0.119 e. The van der Waals surface area contributed by atoms with Gasteiger partial charge in [-0.15, -0.1) is 0 Å². The molecule has 21 heavy (non-hydrogen) atoms. The van der Waals surface area contributed by atoms with Crippen molar-refractivity contribution in [3.63, 3.8) is 0 Å². The lowest BCUT2D eigenvalue weighted by Gasteiger charge is -2.24. The fourth-order valence-corrected chi connectivity index (χ4v) is 2.83. The molecule has 1 saturated carbocycles. The van der Waals surface area contributed by atoms with E-state index in [4.69, 9.17) is 4.74 Å². The molecule has 3 nitrogen and oxygen atoms in total. The lowest BCUT2D eigenvalue weighted by molar-refractivity contribution is 0.131. The fourth-order valence-electron chi connectivity index (χ4n) is 2.83. The Bertz CT molecular complexity index is 427. The zero-order valence-corrected chi connectivity index (χ0v) is 13.4. The second-order valence-corrected chi connectivity index (χ2v) is 6.28. The molecule has 3 heteroatoms. The van der Waals surface area contributed by atoms with Crippen molar-refractivity contribution >= 4 is 0 Å². The van der Waals surface area contributed by atoms with E-state index in [2.05, 4.69) is 31.3 Å². The lowest BCUT2D eigenvalue weighted by Crippen LogP contribution is -2.37. The summed E-state index contributed by atoms with van der Waals surface area (Å²) in [5.41, 5.74) is 2.52. The SMILES string of the molecule is Cc1ccc(OCC[C@@H](O)CNC2CCCCC2)cc1C. The van der Waals surface area contributed by atoms with E-state index >= 15 is 0 Å². The molecule has 0 aromatic heterocycles. The number of nitrogens with one attached hydrogen (secondary N) is 1.